The highest BCUT2D eigenvalue weighted by molar-refractivity contribution is 7.13. The van der Waals surface area contributed by atoms with E-state index in [-0.39, 0.29) is 0 Å². The molecule has 0 bridgehead atoms. The lowest BCUT2D eigenvalue weighted by Crippen LogP contribution is -2.18. The van der Waals surface area contributed by atoms with E-state index < -0.39 is 0 Å². The number of hydrogen-bond acceptors (Lipinski definition) is 2. The molecule has 0 aromatic heterocycles. The molecule has 0 aromatic rings. The second kappa shape index (κ2) is 2.08. The van der Waals surface area contributed by atoms with Crippen LogP contribution in [0.15, 0.2) is 0 Å². The molecule has 1 rings (SSSR count). The van der Waals surface area contributed by atoms with Gasteiger partial charge in [-0.2, -0.15) is 0 Å². The van der Waals surface area contributed by atoms with E-state index in [0.29, 0.717) is 0 Å². The maximum absolute atomic E-state index is 3.17. The molecule has 2 nitrogen and oxygen atoms in total. The first-order valence-corrected chi connectivity index (χ1v) is 3.06. The van der Waals surface area contributed by atoms with Gasteiger partial charge in [-0.15, -0.1) is 0 Å². The molecule has 0 amide bonds. The van der Waals surface area contributed by atoms with Crippen LogP contribution in [0.5, 0.6) is 0 Å². The van der Waals surface area contributed by atoms with Gasteiger partial charge in [-0.05, 0) is 15.3 Å². The minimum atomic E-state index is 0.817. The second-order valence-electron chi connectivity index (χ2n) is 2.12. The third-order valence-electron chi connectivity index (χ3n) is 1.15. The first-order chi connectivity index (χ1) is 3.29. The Balaban J connectivity index is 2.26. The van der Waals surface area contributed by atoms with Crippen molar-refractivity contribution in [3.63, 3.8) is 0 Å². The molecule has 2 unspecified atom stereocenters. The van der Waals surface area contributed by atoms with Gasteiger partial charge < -0.3 is 0 Å². The average Bonchev–Trinajstić information content (AvgIpc) is 1.87. The van der Waals surface area contributed by atoms with Crippen molar-refractivity contribution in [1.82, 2.24) is 10.2 Å². The van der Waals surface area contributed by atoms with Crippen molar-refractivity contribution in [2.45, 2.75) is 6.92 Å². The van der Waals surface area contributed by atoms with Crippen LogP contribution in [0.2, 0.25) is 0 Å². The lowest BCUT2D eigenvalue weighted by molar-refractivity contribution is 0.453. The first-order valence-electron chi connectivity index (χ1n) is 2.55. The zero-order valence-electron chi connectivity index (χ0n) is 4.52. The van der Waals surface area contributed by atoms with Crippen molar-refractivity contribution in [3.8, 4) is 0 Å². The molecular formula is C4H11N2P. The molecule has 1 saturated heterocycles. The van der Waals surface area contributed by atoms with E-state index in [1.165, 1.54) is 0 Å². The van der Waals surface area contributed by atoms with Crippen molar-refractivity contribution in [2.75, 3.05) is 13.1 Å². The van der Waals surface area contributed by atoms with Gasteiger partial charge in [-0.25, -0.2) is 4.78 Å². The van der Waals surface area contributed by atoms with E-state index in [0.717, 1.165) is 19.0 Å². The smallest absolute Gasteiger partial charge is 0.0204 e. The van der Waals surface area contributed by atoms with Crippen LogP contribution in [0.25, 0.3) is 0 Å². The van der Waals surface area contributed by atoms with Crippen molar-refractivity contribution in [3.05, 3.63) is 0 Å². The van der Waals surface area contributed by atoms with E-state index in [2.05, 4.69) is 21.7 Å². The molecule has 0 aromatic carbocycles. The molecule has 1 N–H and O–H groups in total. The summed E-state index contributed by atoms with van der Waals surface area (Å²) in [5.41, 5.74) is 3.17. The Kier molecular flexibility index (Phi) is 1.63. The molecule has 0 spiro atoms. The Morgan fingerprint density at radius 1 is 1.86 bits per heavy atom. The van der Waals surface area contributed by atoms with Crippen LogP contribution in [0, 0.1) is 5.92 Å². The fourth-order valence-electron chi connectivity index (χ4n) is 0.738. The van der Waals surface area contributed by atoms with Crippen LogP contribution >= 0.6 is 9.39 Å². The fraction of sp³-hybridized carbons (Fsp3) is 1.00. The Hall–Kier alpha value is 0.350. The standard InChI is InChI=1S/C4H11N2P/c1-4-2-5-6(7)3-4/h4-5H,2-3,7H2,1H3. The second-order valence-corrected chi connectivity index (χ2v) is 2.74. The molecule has 7 heavy (non-hydrogen) atoms. The lowest BCUT2D eigenvalue weighted by atomic mass is 10.2. The van der Waals surface area contributed by atoms with E-state index in [9.17, 15) is 0 Å². The van der Waals surface area contributed by atoms with Crippen molar-refractivity contribution >= 4 is 9.39 Å². The van der Waals surface area contributed by atoms with Crippen LogP contribution in [-0.4, -0.2) is 17.9 Å². The molecule has 1 heterocycles. The normalized spacial score (nSPS) is 34.3. The van der Waals surface area contributed by atoms with E-state index in [1.807, 2.05) is 4.78 Å². The molecule has 0 saturated carbocycles. The van der Waals surface area contributed by atoms with Crippen molar-refractivity contribution in [1.29, 1.82) is 0 Å². The summed E-state index contributed by atoms with van der Waals surface area (Å²) < 4.78 is 2.05. The van der Waals surface area contributed by atoms with Crippen LogP contribution < -0.4 is 5.43 Å². The van der Waals surface area contributed by atoms with E-state index >= 15 is 0 Å². The highest BCUT2D eigenvalue weighted by Crippen LogP contribution is 2.07. The van der Waals surface area contributed by atoms with Gasteiger partial charge in [0.2, 0.25) is 0 Å². The zero-order chi connectivity index (χ0) is 5.28. The van der Waals surface area contributed by atoms with Gasteiger partial charge in [0, 0.05) is 13.1 Å². The predicted molar refractivity (Wildman–Crippen MR) is 33.6 cm³/mol. The Morgan fingerprint density at radius 3 is 2.71 bits per heavy atom. The summed E-state index contributed by atoms with van der Waals surface area (Å²) in [4.78, 5) is 0. The van der Waals surface area contributed by atoms with Gasteiger partial charge in [0.1, 0.15) is 0 Å². The molecular weight excluding hydrogens is 107 g/mol. The van der Waals surface area contributed by atoms with Gasteiger partial charge in [0.15, 0.2) is 0 Å². The Labute approximate surface area is 46.5 Å². The van der Waals surface area contributed by atoms with Gasteiger partial charge >= 0.3 is 0 Å². The van der Waals surface area contributed by atoms with Crippen LogP contribution in [-0.2, 0) is 0 Å². The number of hydrogen-bond donors (Lipinski definition) is 1. The summed E-state index contributed by atoms with van der Waals surface area (Å²) in [6.07, 6.45) is 0. The monoisotopic (exact) mass is 118 g/mol. The number of rotatable bonds is 0. The SMILES string of the molecule is CC1CNN(P)C1. The maximum Gasteiger partial charge on any atom is 0.0204 e. The minimum Gasteiger partial charge on any atom is -0.252 e. The number of nitrogens with one attached hydrogen (secondary N) is 1. The third kappa shape index (κ3) is 1.37. The number of hydrazine groups is 1. The van der Waals surface area contributed by atoms with Gasteiger partial charge in [0.05, 0.1) is 0 Å². The highest BCUT2D eigenvalue weighted by atomic mass is 31.0. The van der Waals surface area contributed by atoms with Crippen LogP contribution in [0.3, 0.4) is 0 Å². The third-order valence-corrected chi connectivity index (χ3v) is 1.54. The summed E-state index contributed by atoms with van der Waals surface area (Å²) >= 11 is 0. The van der Waals surface area contributed by atoms with Gasteiger partial charge in [-0.3, -0.25) is 5.43 Å². The summed E-state index contributed by atoms with van der Waals surface area (Å²) in [6, 6.07) is 0. The van der Waals surface area contributed by atoms with Gasteiger partial charge in [-0.1, -0.05) is 6.92 Å². The van der Waals surface area contributed by atoms with Crippen LogP contribution in [0.1, 0.15) is 6.92 Å². The molecule has 3 heteroatoms. The maximum atomic E-state index is 3.17. The summed E-state index contributed by atoms with van der Waals surface area (Å²) in [5, 5.41) is 0. The largest absolute Gasteiger partial charge is 0.252 e. The summed E-state index contributed by atoms with van der Waals surface area (Å²) in [6.45, 7) is 4.52. The minimum absolute atomic E-state index is 0.817. The molecule has 0 aliphatic carbocycles. The van der Waals surface area contributed by atoms with E-state index in [1.54, 1.807) is 0 Å². The summed E-state index contributed by atoms with van der Waals surface area (Å²) in [7, 11) is 2.62. The molecule has 1 aliphatic rings. The fourth-order valence-corrected chi connectivity index (χ4v) is 1.20. The topological polar surface area (TPSA) is 15.3 Å². The quantitative estimate of drug-likeness (QED) is 0.458. The average molecular weight is 118 g/mol. The molecule has 1 aliphatic heterocycles. The van der Waals surface area contributed by atoms with Gasteiger partial charge in [0.25, 0.3) is 0 Å². The molecule has 0 radical (unpaired) electrons. The first kappa shape index (κ1) is 5.49. The Bertz CT molecular complexity index is 58.7. The summed E-state index contributed by atoms with van der Waals surface area (Å²) in [5.74, 6) is 0.817. The van der Waals surface area contributed by atoms with Crippen molar-refractivity contribution in [2.24, 2.45) is 5.92 Å². The predicted octanol–water partition coefficient (Wildman–Crippen LogP) is 0.233. The zero-order valence-corrected chi connectivity index (χ0v) is 5.67. The molecule has 2 atom stereocenters. The lowest BCUT2D eigenvalue weighted by Gasteiger charge is -2.03. The molecule has 42 valence electrons. The number of nitrogens with zero attached hydrogens (tertiary/aromatic N) is 1. The van der Waals surface area contributed by atoms with E-state index in [4.69, 9.17) is 0 Å². The Morgan fingerprint density at radius 2 is 2.57 bits per heavy atom. The molecule has 1 fully saturated rings. The van der Waals surface area contributed by atoms with Crippen molar-refractivity contribution < 1.29 is 0 Å². The van der Waals surface area contributed by atoms with Crippen LogP contribution in [0.4, 0.5) is 0 Å². The highest BCUT2D eigenvalue weighted by Gasteiger charge is 2.12.